The third-order valence-corrected chi connectivity index (χ3v) is 4.83. The molecule has 1 atom stereocenters. The summed E-state index contributed by atoms with van der Waals surface area (Å²) in [5.41, 5.74) is 2.26. The van der Waals surface area contributed by atoms with E-state index in [1.165, 1.54) is 7.11 Å². The lowest BCUT2D eigenvalue weighted by atomic mass is 9.96. The summed E-state index contributed by atoms with van der Waals surface area (Å²) in [4.78, 5) is 16.9. The van der Waals surface area contributed by atoms with Crippen molar-refractivity contribution >= 4 is 23.7 Å². The predicted octanol–water partition coefficient (Wildman–Crippen LogP) is 3.24. The number of anilines is 1. The van der Waals surface area contributed by atoms with E-state index in [1.807, 2.05) is 37.3 Å². The van der Waals surface area contributed by atoms with Gasteiger partial charge in [0.25, 0.3) is 0 Å². The van der Waals surface area contributed by atoms with Gasteiger partial charge in [0.15, 0.2) is 0 Å². The number of carbonyl (C=O) groups excluding carboxylic acids is 1. The minimum Gasteiger partial charge on any atom is -0.466 e. The Balaban J connectivity index is 2.09. The highest BCUT2D eigenvalue weighted by Crippen LogP contribution is 2.36. The summed E-state index contributed by atoms with van der Waals surface area (Å²) in [6, 6.07) is 9.46. The van der Waals surface area contributed by atoms with Gasteiger partial charge < -0.3 is 10.1 Å². The van der Waals surface area contributed by atoms with Gasteiger partial charge in [-0.15, -0.1) is 5.10 Å². The molecule has 126 valence electrons. The number of aromatic nitrogens is 3. The number of rotatable bonds is 5. The van der Waals surface area contributed by atoms with Crippen LogP contribution in [0.5, 0.6) is 0 Å². The molecule has 7 heteroatoms. The van der Waals surface area contributed by atoms with Crippen molar-refractivity contribution in [1.29, 1.82) is 0 Å². The van der Waals surface area contributed by atoms with Gasteiger partial charge in [0.2, 0.25) is 11.1 Å². The fraction of sp³-hybridized carbons (Fsp3) is 0.353. The first-order valence-corrected chi connectivity index (χ1v) is 8.84. The maximum atomic E-state index is 12.4. The van der Waals surface area contributed by atoms with Crippen molar-refractivity contribution in [2.75, 3.05) is 18.2 Å². The third kappa shape index (κ3) is 3.03. The monoisotopic (exact) mass is 344 g/mol. The zero-order chi connectivity index (χ0) is 17.1. The van der Waals surface area contributed by atoms with Crippen molar-refractivity contribution in [2.45, 2.75) is 31.5 Å². The van der Waals surface area contributed by atoms with Crippen molar-refractivity contribution in [3.8, 4) is 0 Å². The quantitative estimate of drug-likeness (QED) is 0.663. The number of methoxy groups -OCH3 is 1. The molecule has 1 aliphatic heterocycles. The second-order valence-corrected chi connectivity index (χ2v) is 6.54. The molecule has 1 N–H and O–H groups in total. The lowest BCUT2D eigenvalue weighted by Gasteiger charge is -2.27. The SMILES string of the molecule is CCCSc1nc2n(n1)C(c1ccccc1)C(C(=O)OC)=C(C)N2. The molecule has 3 rings (SSSR count). The molecule has 1 aromatic heterocycles. The summed E-state index contributed by atoms with van der Waals surface area (Å²) in [7, 11) is 1.39. The number of fused-ring (bicyclic) bond motifs is 1. The van der Waals surface area contributed by atoms with Gasteiger partial charge in [-0.1, -0.05) is 49.0 Å². The molecule has 0 bridgehead atoms. The van der Waals surface area contributed by atoms with Crippen molar-refractivity contribution in [3.63, 3.8) is 0 Å². The fourth-order valence-corrected chi connectivity index (χ4v) is 3.39. The second-order valence-electron chi connectivity index (χ2n) is 5.48. The average Bonchev–Trinajstić information content (AvgIpc) is 3.01. The van der Waals surface area contributed by atoms with E-state index in [0.717, 1.165) is 23.4 Å². The highest BCUT2D eigenvalue weighted by Gasteiger charge is 2.34. The number of carbonyl (C=O) groups is 1. The van der Waals surface area contributed by atoms with Crippen LogP contribution in [0.1, 0.15) is 31.9 Å². The van der Waals surface area contributed by atoms with E-state index in [4.69, 9.17) is 4.74 Å². The summed E-state index contributed by atoms with van der Waals surface area (Å²) >= 11 is 1.61. The van der Waals surface area contributed by atoms with E-state index in [-0.39, 0.29) is 12.0 Å². The van der Waals surface area contributed by atoms with Crippen LogP contribution in [-0.2, 0) is 9.53 Å². The molecule has 0 spiro atoms. The number of thioether (sulfide) groups is 1. The molecule has 2 heterocycles. The Hall–Kier alpha value is -2.28. The molecule has 0 amide bonds. The molecule has 0 fully saturated rings. The normalized spacial score (nSPS) is 16.5. The van der Waals surface area contributed by atoms with Crippen molar-refractivity contribution in [2.24, 2.45) is 0 Å². The molecule has 0 saturated heterocycles. The van der Waals surface area contributed by atoms with Crippen LogP contribution < -0.4 is 5.32 Å². The molecule has 24 heavy (non-hydrogen) atoms. The summed E-state index contributed by atoms with van der Waals surface area (Å²) in [5, 5.41) is 8.50. The Bertz CT molecular complexity index is 770. The summed E-state index contributed by atoms with van der Waals surface area (Å²) < 4.78 is 6.77. The molecule has 1 aliphatic rings. The first-order chi connectivity index (χ1) is 11.7. The van der Waals surface area contributed by atoms with Crippen LogP contribution in [0.3, 0.4) is 0 Å². The molecule has 2 aromatic rings. The smallest absolute Gasteiger partial charge is 0.338 e. The fourth-order valence-electron chi connectivity index (χ4n) is 2.70. The molecule has 0 saturated carbocycles. The molecule has 6 nitrogen and oxygen atoms in total. The molecule has 0 radical (unpaired) electrons. The van der Waals surface area contributed by atoms with E-state index in [2.05, 4.69) is 22.3 Å². The van der Waals surface area contributed by atoms with Gasteiger partial charge in [0.05, 0.1) is 12.7 Å². The van der Waals surface area contributed by atoms with Crippen LogP contribution in [0.15, 0.2) is 46.8 Å². The van der Waals surface area contributed by atoms with Crippen LogP contribution in [0.4, 0.5) is 5.95 Å². The zero-order valence-electron chi connectivity index (χ0n) is 13.9. The highest BCUT2D eigenvalue weighted by atomic mass is 32.2. The number of hydrogen-bond acceptors (Lipinski definition) is 6. The molecular formula is C17H20N4O2S. The van der Waals surface area contributed by atoms with E-state index in [0.29, 0.717) is 16.7 Å². The molecule has 1 unspecified atom stereocenters. The number of esters is 1. The Kier molecular flexibility index (Phi) is 4.89. The maximum absolute atomic E-state index is 12.4. The van der Waals surface area contributed by atoms with Gasteiger partial charge in [0.1, 0.15) is 6.04 Å². The van der Waals surface area contributed by atoms with Crippen LogP contribution in [-0.4, -0.2) is 33.6 Å². The van der Waals surface area contributed by atoms with Crippen LogP contribution in [0.25, 0.3) is 0 Å². The van der Waals surface area contributed by atoms with Gasteiger partial charge in [-0.05, 0) is 18.9 Å². The lowest BCUT2D eigenvalue weighted by Crippen LogP contribution is -2.29. The van der Waals surface area contributed by atoms with E-state index >= 15 is 0 Å². The number of benzene rings is 1. The third-order valence-electron chi connectivity index (χ3n) is 3.79. The minimum atomic E-state index is -0.363. The van der Waals surface area contributed by atoms with E-state index in [9.17, 15) is 4.79 Å². The topological polar surface area (TPSA) is 69.0 Å². The zero-order valence-corrected chi connectivity index (χ0v) is 14.8. The van der Waals surface area contributed by atoms with Gasteiger partial charge >= 0.3 is 5.97 Å². The van der Waals surface area contributed by atoms with Crippen molar-refractivity contribution < 1.29 is 9.53 Å². The predicted molar refractivity (Wildman–Crippen MR) is 94.0 cm³/mol. The van der Waals surface area contributed by atoms with Crippen LogP contribution in [0.2, 0.25) is 0 Å². The van der Waals surface area contributed by atoms with Gasteiger partial charge in [-0.3, -0.25) is 0 Å². The number of ether oxygens (including phenoxy) is 1. The number of hydrogen-bond donors (Lipinski definition) is 1. The Labute approximate surface area is 145 Å². The average molecular weight is 344 g/mol. The second kappa shape index (κ2) is 7.09. The van der Waals surface area contributed by atoms with Crippen molar-refractivity contribution in [3.05, 3.63) is 47.2 Å². The summed E-state index contributed by atoms with van der Waals surface area (Å²) in [5.74, 6) is 1.24. The number of nitrogens with zero attached hydrogens (tertiary/aromatic N) is 3. The van der Waals surface area contributed by atoms with Crippen LogP contribution in [0, 0.1) is 0 Å². The molecule has 0 aliphatic carbocycles. The van der Waals surface area contributed by atoms with Crippen molar-refractivity contribution in [1.82, 2.24) is 14.8 Å². The van der Waals surface area contributed by atoms with Gasteiger partial charge in [-0.25, -0.2) is 9.48 Å². The molecule has 1 aromatic carbocycles. The Morgan fingerprint density at radius 3 is 2.79 bits per heavy atom. The number of allylic oxidation sites excluding steroid dienone is 1. The Morgan fingerprint density at radius 1 is 1.38 bits per heavy atom. The number of nitrogens with one attached hydrogen (secondary N) is 1. The summed E-state index contributed by atoms with van der Waals surface area (Å²) in [6.45, 7) is 3.98. The summed E-state index contributed by atoms with van der Waals surface area (Å²) in [6.07, 6.45) is 1.05. The minimum absolute atomic E-state index is 0.349. The van der Waals surface area contributed by atoms with Gasteiger partial charge in [0, 0.05) is 11.4 Å². The lowest BCUT2D eigenvalue weighted by molar-refractivity contribution is -0.136. The maximum Gasteiger partial charge on any atom is 0.338 e. The van der Waals surface area contributed by atoms with E-state index in [1.54, 1.807) is 16.4 Å². The van der Waals surface area contributed by atoms with E-state index < -0.39 is 0 Å². The first-order valence-electron chi connectivity index (χ1n) is 7.86. The van der Waals surface area contributed by atoms with Crippen LogP contribution >= 0.6 is 11.8 Å². The molecular weight excluding hydrogens is 324 g/mol. The Morgan fingerprint density at radius 2 is 2.12 bits per heavy atom. The van der Waals surface area contributed by atoms with Gasteiger partial charge in [-0.2, -0.15) is 4.98 Å². The highest BCUT2D eigenvalue weighted by molar-refractivity contribution is 7.99. The standard InChI is InChI=1S/C17H20N4O2S/c1-4-10-24-17-19-16-18-11(2)13(15(22)23-3)14(21(16)20-17)12-8-6-5-7-9-12/h5-9,14H,4,10H2,1-3H3,(H,18,19,20). The largest absolute Gasteiger partial charge is 0.466 e. The first kappa shape index (κ1) is 16.6.